The van der Waals surface area contributed by atoms with Crippen molar-refractivity contribution >= 4 is 5.97 Å². The predicted molar refractivity (Wildman–Crippen MR) is 116 cm³/mol. The summed E-state index contributed by atoms with van der Waals surface area (Å²) in [5.74, 6) is 2.32. The molecule has 6 nitrogen and oxygen atoms in total. The number of aliphatic carboxylic acids is 1. The first-order chi connectivity index (χ1) is 14.2. The van der Waals surface area contributed by atoms with Gasteiger partial charge in [0.2, 0.25) is 0 Å². The molecule has 6 heteroatoms. The first kappa shape index (κ1) is 22.0. The highest BCUT2D eigenvalue weighted by Crippen LogP contribution is 2.68. The van der Waals surface area contributed by atoms with E-state index < -0.39 is 5.97 Å². The number of azide groups is 1. The van der Waals surface area contributed by atoms with Crippen LogP contribution in [0.15, 0.2) is 5.11 Å². The van der Waals surface area contributed by atoms with Gasteiger partial charge in [-0.25, -0.2) is 0 Å². The van der Waals surface area contributed by atoms with E-state index in [0.717, 1.165) is 32.1 Å². The van der Waals surface area contributed by atoms with Crippen molar-refractivity contribution in [3.8, 4) is 0 Å². The Morgan fingerprint density at radius 2 is 1.83 bits per heavy atom. The number of nitrogens with zero attached hydrogens (tertiary/aromatic N) is 3. The van der Waals surface area contributed by atoms with E-state index in [1.165, 1.54) is 25.7 Å². The van der Waals surface area contributed by atoms with Gasteiger partial charge in [-0.05, 0) is 110 Å². The molecule has 4 aliphatic carbocycles. The van der Waals surface area contributed by atoms with Gasteiger partial charge in [0.25, 0.3) is 0 Å². The fourth-order valence-corrected chi connectivity index (χ4v) is 8.92. The van der Waals surface area contributed by atoms with Gasteiger partial charge in [0.1, 0.15) is 0 Å². The fraction of sp³-hybridized carbons (Fsp3) is 0.958. The maximum Gasteiger partial charge on any atom is 0.303 e. The number of hydrogen-bond acceptors (Lipinski definition) is 3. The summed E-state index contributed by atoms with van der Waals surface area (Å²) in [5, 5.41) is 23.8. The molecule has 10 atom stereocenters. The minimum Gasteiger partial charge on any atom is -0.481 e. The molecule has 0 aliphatic heterocycles. The Morgan fingerprint density at radius 1 is 1.13 bits per heavy atom. The standard InChI is InChI=1S/C24H39N3O3/c1-14(4-7-21(29)30)17-5-6-18-22-19(9-11-24(17,18)3)23(2)10-8-16(28)12-15(23)13-20(22)26-27-25/h14-20,22,28H,4-13H2,1-3H3,(H,29,30)/t14-,15+,16-,17-,18+,19+,20?,22+,23+,24-/m1/s1. The highest BCUT2D eigenvalue weighted by Gasteiger charge is 2.62. The molecular formula is C24H39N3O3. The molecule has 0 spiro atoms. The zero-order valence-electron chi connectivity index (χ0n) is 18.8. The Morgan fingerprint density at radius 3 is 2.53 bits per heavy atom. The molecule has 0 heterocycles. The lowest BCUT2D eigenvalue weighted by Gasteiger charge is -2.62. The monoisotopic (exact) mass is 417 g/mol. The van der Waals surface area contributed by atoms with E-state index in [1.54, 1.807) is 0 Å². The Hall–Kier alpha value is -1.26. The highest BCUT2D eigenvalue weighted by atomic mass is 16.4. The molecule has 0 aromatic heterocycles. The Bertz CT molecular complexity index is 722. The van der Waals surface area contributed by atoms with Crippen molar-refractivity contribution in [2.75, 3.05) is 0 Å². The zero-order chi connectivity index (χ0) is 21.7. The SMILES string of the molecule is C[C@H](CCC(=O)O)[C@H]1CC[C@H]2[C@@H]3C(N=[N+]=[N-])C[C@@H]4C[C@H](O)CC[C@]4(C)[C@H]3CC[C@]12C. The molecule has 4 rings (SSSR count). The maximum atomic E-state index is 11.1. The summed E-state index contributed by atoms with van der Waals surface area (Å²) < 4.78 is 0. The lowest BCUT2D eigenvalue weighted by Crippen LogP contribution is -2.58. The molecule has 0 bridgehead atoms. The number of aliphatic hydroxyl groups is 1. The van der Waals surface area contributed by atoms with E-state index in [4.69, 9.17) is 5.11 Å². The van der Waals surface area contributed by atoms with E-state index in [2.05, 4.69) is 30.8 Å². The number of carboxylic acids is 1. The van der Waals surface area contributed by atoms with E-state index in [9.17, 15) is 15.4 Å². The Balaban J connectivity index is 1.62. The molecule has 2 N–H and O–H groups in total. The summed E-state index contributed by atoms with van der Waals surface area (Å²) in [6.07, 6.45) is 9.32. The van der Waals surface area contributed by atoms with Gasteiger partial charge >= 0.3 is 5.97 Å². The summed E-state index contributed by atoms with van der Waals surface area (Å²) in [6.45, 7) is 7.16. The molecule has 168 valence electrons. The molecule has 0 saturated heterocycles. The van der Waals surface area contributed by atoms with Crippen LogP contribution in [0.1, 0.15) is 85.0 Å². The third-order valence-electron chi connectivity index (χ3n) is 10.4. The molecule has 0 amide bonds. The van der Waals surface area contributed by atoms with Crippen LogP contribution in [0.2, 0.25) is 0 Å². The van der Waals surface area contributed by atoms with Gasteiger partial charge in [0.05, 0.1) is 6.10 Å². The van der Waals surface area contributed by atoms with Gasteiger partial charge in [-0.2, -0.15) is 0 Å². The van der Waals surface area contributed by atoms with Crippen LogP contribution in [0.4, 0.5) is 0 Å². The number of rotatable bonds is 5. The van der Waals surface area contributed by atoms with Crippen LogP contribution in [-0.2, 0) is 4.79 Å². The van der Waals surface area contributed by atoms with Crippen molar-refractivity contribution in [2.24, 2.45) is 51.5 Å². The molecule has 30 heavy (non-hydrogen) atoms. The van der Waals surface area contributed by atoms with Gasteiger partial charge in [-0.15, -0.1) is 0 Å². The van der Waals surface area contributed by atoms with Gasteiger partial charge in [-0.3, -0.25) is 4.79 Å². The summed E-state index contributed by atoms with van der Waals surface area (Å²) in [5.41, 5.74) is 9.81. The first-order valence-electron chi connectivity index (χ1n) is 12.1. The van der Waals surface area contributed by atoms with Crippen molar-refractivity contribution in [3.05, 3.63) is 10.4 Å². The number of hydrogen-bond donors (Lipinski definition) is 2. The molecule has 0 aromatic rings. The molecule has 1 unspecified atom stereocenters. The number of carboxylic acid groups (broad SMARTS) is 1. The van der Waals surface area contributed by atoms with E-state index >= 15 is 0 Å². The topological polar surface area (TPSA) is 106 Å². The third kappa shape index (κ3) is 3.44. The van der Waals surface area contributed by atoms with E-state index in [0.29, 0.717) is 35.5 Å². The average molecular weight is 418 g/mol. The molecule has 4 saturated carbocycles. The number of carbonyl (C=O) groups is 1. The minimum absolute atomic E-state index is 0.0427. The Kier molecular flexibility index (Phi) is 5.87. The quantitative estimate of drug-likeness (QED) is 0.335. The van der Waals surface area contributed by atoms with Crippen molar-refractivity contribution in [3.63, 3.8) is 0 Å². The zero-order valence-corrected chi connectivity index (χ0v) is 18.8. The van der Waals surface area contributed by atoms with Crippen molar-refractivity contribution in [1.82, 2.24) is 0 Å². The van der Waals surface area contributed by atoms with Crippen LogP contribution in [0, 0.1) is 46.3 Å². The smallest absolute Gasteiger partial charge is 0.303 e. The summed E-state index contributed by atoms with van der Waals surface area (Å²) in [4.78, 5) is 14.4. The van der Waals surface area contributed by atoms with Crippen LogP contribution < -0.4 is 0 Å². The number of aliphatic hydroxyl groups excluding tert-OH is 1. The first-order valence-corrected chi connectivity index (χ1v) is 12.1. The van der Waals surface area contributed by atoms with Crippen LogP contribution in [0.3, 0.4) is 0 Å². The van der Waals surface area contributed by atoms with Gasteiger partial charge in [0, 0.05) is 17.4 Å². The van der Waals surface area contributed by atoms with Crippen molar-refractivity contribution < 1.29 is 15.0 Å². The fourth-order valence-electron chi connectivity index (χ4n) is 8.92. The maximum absolute atomic E-state index is 11.1. The van der Waals surface area contributed by atoms with Crippen LogP contribution >= 0.6 is 0 Å². The van der Waals surface area contributed by atoms with Crippen molar-refractivity contribution in [1.29, 1.82) is 0 Å². The lowest BCUT2D eigenvalue weighted by molar-refractivity contribution is -0.139. The van der Waals surface area contributed by atoms with Gasteiger partial charge in [0.15, 0.2) is 0 Å². The largest absolute Gasteiger partial charge is 0.481 e. The summed E-state index contributed by atoms with van der Waals surface area (Å²) in [7, 11) is 0. The second-order valence-electron chi connectivity index (χ2n) is 11.6. The minimum atomic E-state index is -0.695. The second-order valence-corrected chi connectivity index (χ2v) is 11.6. The van der Waals surface area contributed by atoms with Crippen molar-refractivity contribution in [2.45, 2.75) is 97.1 Å². The summed E-state index contributed by atoms with van der Waals surface area (Å²) >= 11 is 0. The number of fused-ring (bicyclic) bond motifs is 5. The van der Waals surface area contributed by atoms with E-state index in [1.807, 2.05) is 0 Å². The molecule has 4 fully saturated rings. The van der Waals surface area contributed by atoms with Crippen LogP contribution in [-0.4, -0.2) is 28.3 Å². The predicted octanol–water partition coefficient (Wildman–Crippen LogP) is 5.80. The Labute approximate surface area is 180 Å². The lowest BCUT2D eigenvalue weighted by atomic mass is 9.43. The molecule has 0 radical (unpaired) electrons. The van der Waals surface area contributed by atoms with Gasteiger partial charge < -0.3 is 10.2 Å². The van der Waals surface area contributed by atoms with Gasteiger partial charge in [-0.1, -0.05) is 25.9 Å². The highest BCUT2D eigenvalue weighted by molar-refractivity contribution is 5.66. The molecular weight excluding hydrogens is 378 g/mol. The normalized spacial score (nSPS) is 48.6. The summed E-state index contributed by atoms with van der Waals surface area (Å²) in [6, 6.07) is 0.0427. The van der Waals surface area contributed by atoms with Crippen LogP contribution in [0.5, 0.6) is 0 Å². The third-order valence-corrected chi connectivity index (χ3v) is 10.4. The molecule has 0 aromatic carbocycles. The van der Waals surface area contributed by atoms with E-state index in [-0.39, 0.29) is 29.4 Å². The molecule has 4 aliphatic rings. The average Bonchev–Trinajstić information content (AvgIpc) is 3.04. The second kappa shape index (κ2) is 8.02. The van der Waals surface area contributed by atoms with Crippen LogP contribution in [0.25, 0.3) is 10.4 Å².